The summed E-state index contributed by atoms with van der Waals surface area (Å²) in [6, 6.07) is 3.93. The molecule has 3 nitrogen and oxygen atoms in total. The predicted octanol–water partition coefficient (Wildman–Crippen LogP) is 1.80. The molecule has 82 valence electrons. The fourth-order valence-electron chi connectivity index (χ4n) is 1.90. The van der Waals surface area contributed by atoms with E-state index in [1.807, 2.05) is 13.0 Å². The van der Waals surface area contributed by atoms with Gasteiger partial charge in [-0.3, -0.25) is 0 Å². The van der Waals surface area contributed by atoms with Crippen molar-refractivity contribution in [2.75, 3.05) is 38.1 Å². The van der Waals surface area contributed by atoms with Crippen LogP contribution in [0.25, 0.3) is 0 Å². The van der Waals surface area contributed by atoms with Crippen molar-refractivity contribution >= 4 is 17.3 Å². The van der Waals surface area contributed by atoms with Gasteiger partial charge in [-0.15, -0.1) is 0 Å². The van der Waals surface area contributed by atoms with Crippen LogP contribution >= 0.6 is 11.6 Å². The number of pyridine rings is 1. The molecule has 1 fully saturated rings. The van der Waals surface area contributed by atoms with Crippen LogP contribution in [-0.2, 0) is 0 Å². The van der Waals surface area contributed by atoms with Crippen molar-refractivity contribution in [1.29, 1.82) is 0 Å². The monoisotopic (exact) mass is 225 g/mol. The van der Waals surface area contributed by atoms with Gasteiger partial charge in [0.1, 0.15) is 5.15 Å². The molecule has 0 amide bonds. The average Bonchev–Trinajstić information content (AvgIpc) is 2.20. The first-order valence-corrected chi connectivity index (χ1v) is 5.61. The predicted molar refractivity (Wildman–Crippen MR) is 63.7 cm³/mol. The Bertz CT molecular complexity index is 346. The van der Waals surface area contributed by atoms with Crippen LogP contribution in [0.2, 0.25) is 5.15 Å². The lowest BCUT2D eigenvalue weighted by Gasteiger charge is -2.34. The summed E-state index contributed by atoms with van der Waals surface area (Å²) in [7, 11) is 2.16. The highest BCUT2D eigenvalue weighted by Gasteiger charge is 2.16. The van der Waals surface area contributed by atoms with E-state index in [0.29, 0.717) is 5.15 Å². The molecule has 0 bridgehead atoms. The lowest BCUT2D eigenvalue weighted by molar-refractivity contribution is 0.312. The van der Waals surface area contributed by atoms with Gasteiger partial charge >= 0.3 is 0 Å². The van der Waals surface area contributed by atoms with E-state index in [2.05, 4.69) is 27.9 Å². The maximum absolute atomic E-state index is 5.84. The molecule has 1 aromatic heterocycles. The van der Waals surface area contributed by atoms with Gasteiger partial charge in [0.15, 0.2) is 0 Å². The zero-order valence-electron chi connectivity index (χ0n) is 9.20. The zero-order chi connectivity index (χ0) is 10.8. The summed E-state index contributed by atoms with van der Waals surface area (Å²) in [5.41, 5.74) is 2.24. The van der Waals surface area contributed by atoms with Crippen molar-refractivity contribution in [3.8, 4) is 0 Å². The Morgan fingerprint density at radius 3 is 2.47 bits per heavy atom. The van der Waals surface area contributed by atoms with Gasteiger partial charge in [-0.05, 0) is 26.1 Å². The van der Waals surface area contributed by atoms with Gasteiger partial charge < -0.3 is 9.80 Å². The van der Waals surface area contributed by atoms with E-state index in [9.17, 15) is 0 Å². The number of piperazine rings is 1. The topological polar surface area (TPSA) is 19.4 Å². The zero-order valence-corrected chi connectivity index (χ0v) is 9.96. The highest BCUT2D eigenvalue weighted by Crippen LogP contribution is 2.21. The number of anilines is 1. The standard InChI is InChI=1S/C11H16ClN3/c1-9-10(3-4-11(12)13-9)15-7-5-14(2)6-8-15/h3-4H,5-8H2,1-2H3. The number of aryl methyl sites for hydroxylation is 1. The van der Waals surface area contributed by atoms with Gasteiger partial charge in [0, 0.05) is 26.2 Å². The van der Waals surface area contributed by atoms with E-state index in [1.165, 1.54) is 5.69 Å². The lowest BCUT2D eigenvalue weighted by atomic mass is 10.2. The molecular formula is C11H16ClN3. The molecule has 1 aromatic rings. The Hall–Kier alpha value is -0.800. The number of nitrogens with zero attached hydrogens (tertiary/aromatic N) is 3. The van der Waals surface area contributed by atoms with Crippen molar-refractivity contribution in [1.82, 2.24) is 9.88 Å². The largest absolute Gasteiger partial charge is 0.368 e. The molecule has 0 spiro atoms. The highest BCUT2D eigenvalue weighted by molar-refractivity contribution is 6.29. The molecule has 0 saturated carbocycles. The molecule has 1 saturated heterocycles. The van der Waals surface area contributed by atoms with Gasteiger partial charge in [0.05, 0.1) is 11.4 Å². The summed E-state index contributed by atoms with van der Waals surface area (Å²) in [6.45, 7) is 6.38. The van der Waals surface area contributed by atoms with Crippen molar-refractivity contribution in [2.24, 2.45) is 0 Å². The second-order valence-corrected chi connectivity index (χ2v) is 4.42. The molecule has 0 atom stereocenters. The Kier molecular flexibility index (Phi) is 3.12. The Labute approximate surface area is 95.7 Å². The number of hydrogen-bond acceptors (Lipinski definition) is 3. The van der Waals surface area contributed by atoms with Gasteiger partial charge in [-0.1, -0.05) is 11.6 Å². The summed E-state index contributed by atoms with van der Waals surface area (Å²) in [5, 5.41) is 0.574. The third-order valence-corrected chi connectivity index (χ3v) is 3.08. The van der Waals surface area contributed by atoms with Crippen molar-refractivity contribution in [3.63, 3.8) is 0 Å². The van der Waals surface area contributed by atoms with Crippen LogP contribution in [0, 0.1) is 6.92 Å². The number of rotatable bonds is 1. The molecular weight excluding hydrogens is 210 g/mol. The maximum Gasteiger partial charge on any atom is 0.129 e. The quantitative estimate of drug-likeness (QED) is 0.680. The van der Waals surface area contributed by atoms with Crippen LogP contribution in [0.4, 0.5) is 5.69 Å². The summed E-state index contributed by atoms with van der Waals surface area (Å²) < 4.78 is 0. The molecule has 15 heavy (non-hydrogen) atoms. The molecule has 0 aliphatic carbocycles. The first-order valence-electron chi connectivity index (χ1n) is 5.23. The molecule has 1 aliphatic rings. The SMILES string of the molecule is Cc1nc(Cl)ccc1N1CCN(C)CC1. The van der Waals surface area contributed by atoms with Crippen molar-refractivity contribution in [3.05, 3.63) is 23.0 Å². The second kappa shape index (κ2) is 4.37. The van der Waals surface area contributed by atoms with Crippen LogP contribution in [0.1, 0.15) is 5.69 Å². The summed E-state index contributed by atoms with van der Waals surface area (Å²) in [5.74, 6) is 0. The fraction of sp³-hybridized carbons (Fsp3) is 0.545. The van der Waals surface area contributed by atoms with Crippen molar-refractivity contribution < 1.29 is 0 Å². The van der Waals surface area contributed by atoms with E-state index >= 15 is 0 Å². The highest BCUT2D eigenvalue weighted by atomic mass is 35.5. The second-order valence-electron chi connectivity index (χ2n) is 4.03. The Balaban J connectivity index is 2.15. The minimum Gasteiger partial charge on any atom is -0.368 e. The smallest absolute Gasteiger partial charge is 0.129 e. The minimum absolute atomic E-state index is 0.574. The van der Waals surface area contributed by atoms with Gasteiger partial charge in [0.2, 0.25) is 0 Å². The molecule has 4 heteroatoms. The van der Waals surface area contributed by atoms with E-state index in [4.69, 9.17) is 11.6 Å². The van der Waals surface area contributed by atoms with E-state index in [1.54, 1.807) is 0 Å². The van der Waals surface area contributed by atoms with E-state index < -0.39 is 0 Å². The van der Waals surface area contributed by atoms with Crippen LogP contribution in [0.5, 0.6) is 0 Å². The van der Waals surface area contributed by atoms with E-state index in [-0.39, 0.29) is 0 Å². The Morgan fingerprint density at radius 1 is 1.20 bits per heavy atom. The maximum atomic E-state index is 5.84. The Morgan fingerprint density at radius 2 is 1.87 bits per heavy atom. The molecule has 0 N–H and O–H groups in total. The van der Waals surface area contributed by atoms with Gasteiger partial charge in [-0.2, -0.15) is 0 Å². The summed E-state index contributed by atoms with van der Waals surface area (Å²) >= 11 is 5.84. The van der Waals surface area contributed by atoms with E-state index in [0.717, 1.165) is 31.9 Å². The number of aromatic nitrogens is 1. The molecule has 0 radical (unpaired) electrons. The lowest BCUT2D eigenvalue weighted by Crippen LogP contribution is -2.44. The molecule has 0 unspecified atom stereocenters. The fourth-order valence-corrected chi connectivity index (χ4v) is 2.09. The summed E-state index contributed by atoms with van der Waals surface area (Å²) in [4.78, 5) is 8.99. The van der Waals surface area contributed by atoms with Crippen LogP contribution in [0.15, 0.2) is 12.1 Å². The molecule has 1 aliphatic heterocycles. The first kappa shape index (κ1) is 10.7. The molecule has 2 heterocycles. The van der Waals surface area contributed by atoms with Crippen LogP contribution in [0.3, 0.4) is 0 Å². The minimum atomic E-state index is 0.574. The number of hydrogen-bond donors (Lipinski definition) is 0. The van der Waals surface area contributed by atoms with Gasteiger partial charge in [-0.25, -0.2) is 4.98 Å². The van der Waals surface area contributed by atoms with Gasteiger partial charge in [0.25, 0.3) is 0 Å². The third kappa shape index (κ3) is 2.41. The molecule has 2 rings (SSSR count). The number of halogens is 1. The van der Waals surface area contributed by atoms with Crippen LogP contribution < -0.4 is 4.90 Å². The third-order valence-electron chi connectivity index (χ3n) is 2.87. The summed E-state index contributed by atoms with van der Waals surface area (Å²) in [6.07, 6.45) is 0. The number of likely N-dealkylation sites (N-methyl/N-ethyl adjacent to an activating group) is 1. The first-order chi connectivity index (χ1) is 7.16. The normalized spacial score (nSPS) is 18.2. The van der Waals surface area contributed by atoms with Crippen LogP contribution in [-0.4, -0.2) is 43.1 Å². The average molecular weight is 226 g/mol. The molecule has 0 aromatic carbocycles. The van der Waals surface area contributed by atoms with Crippen molar-refractivity contribution in [2.45, 2.75) is 6.92 Å².